The third-order valence-electron chi connectivity index (χ3n) is 3.04. The SMILES string of the molecule is O=C(N/N=C\c1ccccc1C(F)(F)F)c1ccc(Cl)c([N+](=O)[O-])c1. The molecule has 0 radical (unpaired) electrons. The molecule has 0 spiro atoms. The highest BCUT2D eigenvalue weighted by molar-refractivity contribution is 6.32. The van der Waals surface area contributed by atoms with Crippen molar-refractivity contribution >= 4 is 29.4 Å². The maximum absolute atomic E-state index is 12.8. The van der Waals surface area contributed by atoms with Crippen molar-refractivity contribution in [2.24, 2.45) is 5.10 Å². The number of alkyl halides is 3. The van der Waals surface area contributed by atoms with Gasteiger partial charge in [0.05, 0.1) is 16.7 Å². The Hall–Kier alpha value is -2.94. The van der Waals surface area contributed by atoms with Gasteiger partial charge in [0.1, 0.15) is 5.02 Å². The van der Waals surface area contributed by atoms with E-state index in [0.717, 1.165) is 24.4 Å². The van der Waals surface area contributed by atoms with Crippen molar-refractivity contribution in [1.82, 2.24) is 5.43 Å². The summed E-state index contributed by atoms with van der Waals surface area (Å²) in [7, 11) is 0. The van der Waals surface area contributed by atoms with Crippen molar-refractivity contribution in [3.63, 3.8) is 0 Å². The van der Waals surface area contributed by atoms with Crippen LogP contribution in [0.4, 0.5) is 18.9 Å². The van der Waals surface area contributed by atoms with Gasteiger partial charge in [0.15, 0.2) is 0 Å². The number of nitro benzene ring substituents is 1. The molecule has 0 unspecified atom stereocenters. The quantitative estimate of drug-likeness (QED) is 0.500. The van der Waals surface area contributed by atoms with Gasteiger partial charge in [-0.3, -0.25) is 14.9 Å². The van der Waals surface area contributed by atoms with E-state index in [9.17, 15) is 28.1 Å². The van der Waals surface area contributed by atoms with E-state index in [-0.39, 0.29) is 16.1 Å². The van der Waals surface area contributed by atoms with E-state index in [1.54, 1.807) is 0 Å². The third kappa shape index (κ3) is 4.54. The number of hydrogen-bond acceptors (Lipinski definition) is 4. The van der Waals surface area contributed by atoms with Crippen molar-refractivity contribution in [2.45, 2.75) is 6.18 Å². The summed E-state index contributed by atoms with van der Waals surface area (Å²) >= 11 is 5.63. The smallest absolute Gasteiger partial charge is 0.267 e. The fourth-order valence-corrected chi connectivity index (χ4v) is 2.07. The number of nitrogens with one attached hydrogen (secondary N) is 1. The van der Waals surface area contributed by atoms with Gasteiger partial charge in [-0.1, -0.05) is 29.8 Å². The summed E-state index contributed by atoms with van der Waals surface area (Å²) in [5.41, 5.74) is 0.278. The van der Waals surface area contributed by atoms with E-state index >= 15 is 0 Å². The van der Waals surface area contributed by atoms with Gasteiger partial charge in [-0.2, -0.15) is 18.3 Å². The molecule has 25 heavy (non-hydrogen) atoms. The zero-order valence-corrected chi connectivity index (χ0v) is 13.0. The number of benzene rings is 2. The van der Waals surface area contributed by atoms with E-state index in [1.807, 2.05) is 5.43 Å². The van der Waals surface area contributed by atoms with Gasteiger partial charge >= 0.3 is 6.18 Å². The van der Waals surface area contributed by atoms with E-state index in [2.05, 4.69) is 5.10 Å². The summed E-state index contributed by atoms with van der Waals surface area (Å²) in [4.78, 5) is 21.9. The number of carbonyl (C=O) groups is 1. The molecule has 0 saturated heterocycles. The summed E-state index contributed by atoms with van der Waals surface area (Å²) in [5.74, 6) is -0.833. The highest BCUT2D eigenvalue weighted by atomic mass is 35.5. The zero-order valence-electron chi connectivity index (χ0n) is 12.2. The Morgan fingerprint density at radius 1 is 1.24 bits per heavy atom. The van der Waals surface area contributed by atoms with E-state index in [4.69, 9.17) is 11.6 Å². The van der Waals surface area contributed by atoms with Gasteiger partial charge in [0, 0.05) is 17.2 Å². The predicted molar refractivity (Wildman–Crippen MR) is 84.6 cm³/mol. The highest BCUT2D eigenvalue weighted by Crippen LogP contribution is 2.31. The van der Waals surface area contributed by atoms with Crippen molar-refractivity contribution in [1.29, 1.82) is 0 Å². The summed E-state index contributed by atoms with van der Waals surface area (Å²) in [6.07, 6.45) is -3.73. The van der Waals surface area contributed by atoms with Gasteiger partial charge in [-0.25, -0.2) is 5.43 Å². The maximum atomic E-state index is 12.8. The first-order valence-corrected chi connectivity index (χ1v) is 7.01. The van der Waals surface area contributed by atoms with Crippen LogP contribution in [0, 0.1) is 10.1 Å². The summed E-state index contributed by atoms with van der Waals surface area (Å²) in [6, 6.07) is 8.02. The predicted octanol–water partition coefficient (Wildman–Crippen LogP) is 4.03. The van der Waals surface area contributed by atoms with Crippen molar-refractivity contribution in [3.05, 3.63) is 74.3 Å². The van der Waals surface area contributed by atoms with Crippen LogP contribution in [0.3, 0.4) is 0 Å². The lowest BCUT2D eigenvalue weighted by atomic mass is 10.1. The van der Waals surface area contributed by atoms with Crippen molar-refractivity contribution in [2.75, 3.05) is 0 Å². The fraction of sp³-hybridized carbons (Fsp3) is 0.0667. The Labute approximate surface area is 144 Å². The molecule has 130 valence electrons. The molecule has 0 atom stereocenters. The summed E-state index contributed by atoms with van der Waals surface area (Å²) < 4.78 is 38.5. The number of nitro groups is 1. The lowest BCUT2D eigenvalue weighted by Gasteiger charge is -2.09. The van der Waals surface area contributed by atoms with Gasteiger partial charge in [0.25, 0.3) is 11.6 Å². The van der Waals surface area contributed by atoms with E-state index in [0.29, 0.717) is 0 Å². The minimum atomic E-state index is -4.57. The topological polar surface area (TPSA) is 84.6 Å². The Morgan fingerprint density at radius 2 is 1.92 bits per heavy atom. The largest absolute Gasteiger partial charge is 0.417 e. The van der Waals surface area contributed by atoms with E-state index < -0.39 is 28.3 Å². The molecule has 0 aliphatic heterocycles. The first kappa shape index (κ1) is 18.4. The molecule has 1 N–H and O–H groups in total. The minimum Gasteiger partial charge on any atom is -0.267 e. The second-order valence-electron chi connectivity index (χ2n) is 4.71. The van der Waals surface area contributed by atoms with Crippen LogP contribution in [0.15, 0.2) is 47.6 Å². The van der Waals surface area contributed by atoms with Crippen LogP contribution in [0.1, 0.15) is 21.5 Å². The maximum Gasteiger partial charge on any atom is 0.417 e. The molecule has 0 bridgehead atoms. The molecule has 10 heteroatoms. The average molecular weight is 372 g/mol. The Morgan fingerprint density at radius 3 is 2.56 bits per heavy atom. The van der Waals surface area contributed by atoms with Gasteiger partial charge < -0.3 is 0 Å². The first-order valence-electron chi connectivity index (χ1n) is 6.63. The van der Waals surface area contributed by atoms with Crippen LogP contribution in [-0.2, 0) is 6.18 Å². The van der Waals surface area contributed by atoms with Gasteiger partial charge in [0.2, 0.25) is 0 Å². The van der Waals surface area contributed by atoms with Crippen LogP contribution < -0.4 is 5.43 Å². The molecule has 0 heterocycles. The number of carbonyl (C=O) groups excluding carboxylic acids is 1. The number of halogens is 4. The van der Waals surface area contributed by atoms with Crippen LogP contribution in [0.2, 0.25) is 5.02 Å². The molecule has 2 aromatic carbocycles. The Bertz CT molecular complexity index is 853. The molecule has 1 amide bonds. The number of hydrazone groups is 1. The highest BCUT2D eigenvalue weighted by Gasteiger charge is 2.32. The average Bonchev–Trinajstić information content (AvgIpc) is 2.54. The van der Waals surface area contributed by atoms with Crippen molar-refractivity contribution in [3.8, 4) is 0 Å². The molecule has 0 fully saturated rings. The number of nitrogens with zero attached hydrogens (tertiary/aromatic N) is 2. The molecule has 0 aromatic heterocycles. The summed E-state index contributed by atoms with van der Waals surface area (Å²) in [5, 5.41) is 14.1. The third-order valence-corrected chi connectivity index (χ3v) is 3.36. The van der Waals surface area contributed by atoms with Gasteiger partial charge in [-0.05, 0) is 18.2 Å². The van der Waals surface area contributed by atoms with Crippen LogP contribution in [-0.4, -0.2) is 17.0 Å². The molecule has 2 rings (SSSR count). The second kappa shape index (κ2) is 7.31. The van der Waals surface area contributed by atoms with Crippen LogP contribution in [0.25, 0.3) is 0 Å². The second-order valence-corrected chi connectivity index (χ2v) is 5.11. The van der Waals surface area contributed by atoms with Gasteiger partial charge in [-0.15, -0.1) is 0 Å². The molecule has 6 nitrogen and oxygen atoms in total. The van der Waals surface area contributed by atoms with Crippen LogP contribution in [0.5, 0.6) is 0 Å². The molecular weight excluding hydrogens is 363 g/mol. The molecule has 0 saturated carbocycles. The Balaban J connectivity index is 2.17. The normalized spacial score (nSPS) is 11.5. The lowest BCUT2D eigenvalue weighted by molar-refractivity contribution is -0.384. The number of hydrogen-bond donors (Lipinski definition) is 1. The molecule has 0 aliphatic carbocycles. The minimum absolute atomic E-state index is 0.114. The fourth-order valence-electron chi connectivity index (χ4n) is 1.89. The first-order chi connectivity index (χ1) is 11.7. The standard InChI is InChI=1S/C15H9ClF3N3O3/c16-12-6-5-9(7-13(12)22(24)25)14(23)21-20-8-10-3-1-2-4-11(10)15(17,18)19/h1-8H,(H,21,23)/b20-8-. The number of amides is 1. The lowest BCUT2D eigenvalue weighted by Crippen LogP contribution is -2.18. The van der Waals surface area contributed by atoms with Crippen molar-refractivity contribution < 1.29 is 22.9 Å². The number of rotatable bonds is 4. The zero-order chi connectivity index (χ0) is 18.6. The van der Waals surface area contributed by atoms with Crippen LogP contribution >= 0.6 is 11.6 Å². The molecule has 2 aromatic rings. The monoisotopic (exact) mass is 371 g/mol. The molecule has 0 aliphatic rings. The Kier molecular flexibility index (Phi) is 5.38. The molecular formula is C15H9ClF3N3O3. The van der Waals surface area contributed by atoms with E-state index in [1.165, 1.54) is 24.3 Å². The summed E-state index contributed by atoms with van der Waals surface area (Å²) in [6.45, 7) is 0.